The first kappa shape index (κ1) is 12.6. The number of hydrogen-bond acceptors (Lipinski definition) is 1. The number of aliphatic carboxylic acids is 1. The summed E-state index contributed by atoms with van der Waals surface area (Å²) in [6.07, 6.45) is 0. The lowest BCUT2D eigenvalue weighted by molar-refractivity contribution is -0.137. The van der Waals surface area contributed by atoms with Crippen molar-refractivity contribution < 1.29 is 14.3 Å². The molecule has 1 N–H and O–H groups in total. The SMILES string of the molecule is O=C(O)[C@@H](c1ccc(F)cc1)c1ccc(Cl)cc1. The Kier molecular flexibility index (Phi) is 3.63. The molecule has 0 spiro atoms. The van der Waals surface area contributed by atoms with Crippen LogP contribution in [0.5, 0.6) is 0 Å². The minimum atomic E-state index is -0.982. The lowest BCUT2D eigenvalue weighted by atomic mass is 9.91. The summed E-state index contributed by atoms with van der Waals surface area (Å²) in [5.74, 6) is -2.19. The Hall–Kier alpha value is -1.87. The lowest BCUT2D eigenvalue weighted by Gasteiger charge is -2.13. The van der Waals surface area contributed by atoms with E-state index in [0.29, 0.717) is 16.1 Å². The molecule has 0 aromatic heterocycles. The molecule has 0 aliphatic carbocycles. The highest BCUT2D eigenvalue weighted by molar-refractivity contribution is 6.30. The minimum absolute atomic E-state index is 0.390. The van der Waals surface area contributed by atoms with Crippen LogP contribution in [0.2, 0.25) is 5.02 Å². The van der Waals surface area contributed by atoms with Gasteiger partial charge in [-0.25, -0.2) is 4.39 Å². The summed E-state index contributed by atoms with van der Waals surface area (Å²) >= 11 is 5.77. The van der Waals surface area contributed by atoms with Crippen LogP contribution in [-0.2, 0) is 4.79 Å². The van der Waals surface area contributed by atoms with E-state index in [4.69, 9.17) is 11.6 Å². The van der Waals surface area contributed by atoms with Crippen LogP contribution >= 0.6 is 11.6 Å². The molecule has 2 rings (SSSR count). The van der Waals surface area contributed by atoms with Gasteiger partial charge in [0.1, 0.15) is 11.7 Å². The fraction of sp³-hybridized carbons (Fsp3) is 0.0714. The Morgan fingerprint density at radius 2 is 1.44 bits per heavy atom. The zero-order valence-electron chi connectivity index (χ0n) is 9.31. The second-order valence-electron chi connectivity index (χ2n) is 3.87. The molecular formula is C14H10ClFO2. The molecule has 1 atom stereocenters. The van der Waals surface area contributed by atoms with Crippen molar-refractivity contribution in [3.8, 4) is 0 Å². The molecule has 0 aliphatic rings. The zero-order chi connectivity index (χ0) is 13.1. The van der Waals surface area contributed by atoms with E-state index in [0.717, 1.165) is 0 Å². The van der Waals surface area contributed by atoms with Crippen molar-refractivity contribution in [2.75, 3.05) is 0 Å². The summed E-state index contributed by atoms with van der Waals surface area (Å²) in [6.45, 7) is 0. The van der Waals surface area contributed by atoms with Crippen LogP contribution in [0.25, 0.3) is 0 Å². The van der Waals surface area contributed by atoms with Gasteiger partial charge in [-0.2, -0.15) is 0 Å². The third kappa shape index (κ3) is 2.68. The van der Waals surface area contributed by atoms with E-state index < -0.39 is 11.9 Å². The highest BCUT2D eigenvalue weighted by atomic mass is 35.5. The number of carbonyl (C=O) groups is 1. The van der Waals surface area contributed by atoms with Gasteiger partial charge in [0.05, 0.1) is 0 Å². The van der Waals surface area contributed by atoms with Crippen molar-refractivity contribution >= 4 is 17.6 Å². The van der Waals surface area contributed by atoms with Crippen molar-refractivity contribution in [1.29, 1.82) is 0 Å². The number of halogens is 2. The van der Waals surface area contributed by atoms with Gasteiger partial charge in [-0.15, -0.1) is 0 Å². The van der Waals surface area contributed by atoms with Crippen molar-refractivity contribution in [3.05, 3.63) is 70.5 Å². The van der Waals surface area contributed by atoms with Gasteiger partial charge < -0.3 is 5.11 Å². The topological polar surface area (TPSA) is 37.3 Å². The van der Waals surface area contributed by atoms with Gasteiger partial charge in [0.15, 0.2) is 0 Å². The molecule has 0 heterocycles. The zero-order valence-corrected chi connectivity index (χ0v) is 10.1. The van der Waals surface area contributed by atoms with Gasteiger partial charge in [0, 0.05) is 5.02 Å². The first-order chi connectivity index (χ1) is 8.58. The number of carboxylic acids is 1. The highest BCUT2D eigenvalue weighted by Crippen LogP contribution is 2.26. The van der Waals surface area contributed by atoms with Gasteiger partial charge in [0.25, 0.3) is 0 Å². The van der Waals surface area contributed by atoms with E-state index in [1.54, 1.807) is 24.3 Å². The second-order valence-corrected chi connectivity index (χ2v) is 4.31. The molecule has 0 saturated heterocycles. The first-order valence-corrected chi connectivity index (χ1v) is 5.69. The van der Waals surface area contributed by atoms with Crippen LogP contribution in [0.3, 0.4) is 0 Å². The van der Waals surface area contributed by atoms with Crippen LogP contribution in [0, 0.1) is 5.82 Å². The van der Waals surface area contributed by atoms with Crippen molar-refractivity contribution in [3.63, 3.8) is 0 Å². The van der Waals surface area contributed by atoms with Crippen molar-refractivity contribution in [1.82, 2.24) is 0 Å². The monoisotopic (exact) mass is 264 g/mol. The summed E-state index contributed by atoms with van der Waals surface area (Å²) in [5, 5.41) is 9.84. The van der Waals surface area contributed by atoms with Crippen LogP contribution in [0.15, 0.2) is 48.5 Å². The van der Waals surface area contributed by atoms with Gasteiger partial charge in [-0.05, 0) is 35.4 Å². The molecule has 0 aliphatic heterocycles. The first-order valence-electron chi connectivity index (χ1n) is 5.31. The average Bonchev–Trinajstić information content (AvgIpc) is 2.34. The van der Waals surface area contributed by atoms with Crippen LogP contribution in [0.1, 0.15) is 17.0 Å². The third-order valence-corrected chi connectivity index (χ3v) is 2.91. The Labute approximate surface area is 109 Å². The van der Waals surface area contributed by atoms with Crippen molar-refractivity contribution in [2.45, 2.75) is 5.92 Å². The molecule has 0 unspecified atom stereocenters. The highest BCUT2D eigenvalue weighted by Gasteiger charge is 2.21. The quantitative estimate of drug-likeness (QED) is 0.918. The maximum Gasteiger partial charge on any atom is 0.315 e. The molecule has 92 valence electrons. The molecule has 2 nitrogen and oxygen atoms in total. The maximum absolute atomic E-state index is 12.8. The number of carboxylic acid groups (broad SMARTS) is 1. The summed E-state index contributed by atoms with van der Waals surface area (Å²) < 4.78 is 12.8. The molecule has 2 aromatic carbocycles. The van der Waals surface area contributed by atoms with Crippen molar-refractivity contribution in [2.24, 2.45) is 0 Å². The largest absolute Gasteiger partial charge is 0.481 e. The van der Waals surface area contributed by atoms with Crippen LogP contribution in [-0.4, -0.2) is 11.1 Å². The van der Waals surface area contributed by atoms with E-state index in [1.165, 1.54) is 24.3 Å². The number of benzene rings is 2. The standard InChI is InChI=1S/C14H10ClFO2/c15-11-5-1-9(2-6-11)13(14(17)18)10-3-7-12(16)8-4-10/h1-8,13H,(H,17,18)/t13-/m1/s1. The molecule has 0 bridgehead atoms. The molecular weight excluding hydrogens is 255 g/mol. The van der Waals surface area contributed by atoms with E-state index in [2.05, 4.69) is 0 Å². The fourth-order valence-electron chi connectivity index (χ4n) is 1.79. The van der Waals surface area contributed by atoms with E-state index >= 15 is 0 Å². The summed E-state index contributed by atoms with van der Waals surface area (Å²) in [5.41, 5.74) is 1.14. The Morgan fingerprint density at radius 1 is 1.00 bits per heavy atom. The molecule has 18 heavy (non-hydrogen) atoms. The summed E-state index contributed by atoms with van der Waals surface area (Å²) in [6, 6.07) is 12.0. The van der Waals surface area contributed by atoms with Gasteiger partial charge in [0.2, 0.25) is 0 Å². The average molecular weight is 265 g/mol. The molecule has 2 aromatic rings. The predicted octanol–water partition coefficient (Wildman–Crippen LogP) is 3.70. The van der Waals surface area contributed by atoms with E-state index in [-0.39, 0.29) is 5.82 Å². The smallest absolute Gasteiger partial charge is 0.315 e. The molecule has 0 saturated carbocycles. The number of hydrogen-bond donors (Lipinski definition) is 1. The minimum Gasteiger partial charge on any atom is -0.481 e. The van der Waals surface area contributed by atoms with Crippen LogP contribution < -0.4 is 0 Å². The number of rotatable bonds is 3. The normalized spacial score (nSPS) is 12.1. The van der Waals surface area contributed by atoms with E-state index in [9.17, 15) is 14.3 Å². The van der Waals surface area contributed by atoms with Crippen LogP contribution in [0.4, 0.5) is 4.39 Å². The lowest BCUT2D eigenvalue weighted by Crippen LogP contribution is -2.13. The summed E-state index contributed by atoms with van der Waals surface area (Å²) in [7, 11) is 0. The maximum atomic E-state index is 12.8. The van der Waals surface area contributed by atoms with E-state index in [1.807, 2.05) is 0 Å². The van der Waals surface area contributed by atoms with Gasteiger partial charge >= 0.3 is 5.97 Å². The Morgan fingerprint density at radius 3 is 1.89 bits per heavy atom. The summed E-state index contributed by atoms with van der Waals surface area (Å²) in [4.78, 5) is 11.3. The van der Waals surface area contributed by atoms with Gasteiger partial charge in [-0.3, -0.25) is 4.79 Å². The molecule has 4 heteroatoms. The Balaban J connectivity index is 2.43. The predicted molar refractivity (Wildman–Crippen MR) is 67.3 cm³/mol. The Bertz CT molecular complexity index is 504. The van der Waals surface area contributed by atoms with Gasteiger partial charge in [-0.1, -0.05) is 35.9 Å². The molecule has 0 radical (unpaired) electrons. The fourth-order valence-corrected chi connectivity index (χ4v) is 1.91. The molecule has 0 amide bonds. The second kappa shape index (κ2) is 5.19. The third-order valence-electron chi connectivity index (χ3n) is 2.65. The molecule has 0 fully saturated rings.